The van der Waals surface area contributed by atoms with E-state index in [2.05, 4.69) is 120 Å². The van der Waals surface area contributed by atoms with Crippen LogP contribution in [0, 0.1) is 0 Å². The highest BCUT2D eigenvalue weighted by Crippen LogP contribution is 2.48. The van der Waals surface area contributed by atoms with Gasteiger partial charge in [-0.05, 0) is 76.5 Å². The number of aromatic nitrogens is 1. The van der Waals surface area contributed by atoms with Crippen molar-refractivity contribution in [2.75, 3.05) is 4.90 Å². The largest absolute Gasteiger partial charge is 0.454 e. The predicted molar refractivity (Wildman–Crippen MR) is 184 cm³/mol. The highest BCUT2D eigenvalue weighted by atomic mass is 16.3. The van der Waals surface area contributed by atoms with Gasteiger partial charge in [-0.2, -0.15) is 0 Å². The highest BCUT2D eigenvalue weighted by Gasteiger charge is 2.26. The molecule has 2 heterocycles. The van der Waals surface area contributed by atoms with Crippen molar-refractivity contribution in [3.05, 3.63) is 158 Å². The lowest BCUT2D eigenvalue weighted by Gasteiger charge is -2.27. The van der Waals surface area contributed by atoms with Crippen molar-refractivity contribution in [3.8, 4) is 22.6 Å². The number of rotatable bonds is 5. The van der Waals surface area contributed by atoms with Crippen LogP contribution in [-0.4, -0.2) is 4.98 Å². The van der Waals surface area contributed by atoms with E-state index in [-0.39, 0.29) is 0 Å². The molecule has 0 aliphatic carbocycles. The van der Waals surface area contributed by atoms with E-state index in [1.54, 1.807) is 0 Å². The van der Waals surface area contributed by atoms with Gasteiger partial charge in [-0.1, -0.05) is 103 Å². The highest BCUT2D eigenvalue weighted by molar-refractivity contribution is 6.13. The van der Waals surface area contributed by atoms with E-state index in [1.807, 2.05) is 42.5 Å². The maximum Gasteiger partial charge on any atom is 0.229 e. The SMILES string of the molecule is c1ccc(-c2ccc(N(c3ccc4ccccc4c3)c3c(-c4nc5ccccc5o4)ccc4c3oc3ccccc34)cc2)cc1. The Morgan fingerprint density at radius 3 is 2.00 bits per heavy atom. The minimum absolute atomic E-state index is 0.542. The lowest BCUT2D eigenvalue weighted by atomic mass is 10.0. The summed E-state index contributed by atoms with van der Waals surface area (Å²) in [5.41, 5.74) is 9.21. The quantitative estimate of drug-likeness (QED) is 0.204. The third kappa shape index (κ3) is 4.27. The lowest BCUT2D eigenvalue weighted by Crippen LogP contribution is -2.11. The van der Waals surface area contributed by atoms with Crippen molar-refractivity contribution < 1.29 is 8.83 Å². The summed E-state index contributed by atoms with van der Waals surface area (Å²) in [6.45, 7) is 0. The van der Waals surface area contributed by atoms with Gasteiger partial charge in [-0.25, -0.2) is 4.98 Å². The zero-order chi connectivity index (χ0) is 29.7. The molecule has 4 heteroatoms. The Balaban J connectivity index is 1.35. The molecule has 0 spiro atoms. The van der Waals surface area contributed by atoms with E-state index < -0.39 is 0 Å². The van der Waals surface area contributed by atoms with E-state index in [9.17, 15) is 0 Å². The van der Waals surface area contributed by atoms with Crippen LogP contribution in [0.15, 0.2) is 167 Å². The van der Waals surface area contributed by atoms with Crippen molar-refractivity contribution in [1.82, 2.24) is 4.98 Å². The third-order valence-corrected chi connectivity index (χ3v) is 8.49. The summed E-state index contributed by atoms with van der Waals surface area (Å²) in [7, 11) is 0. The lowest BCUT2D eigenvalue weighted by molar-refractivity contribution is 0.619. The molecule has 7 aromatic carbocycles. The van der Waals surface area contributed by atoms with Gasteiger partial charge in [0.1, 0.15) is 16.8 Å². The maximum absolute atomic E-state index is 6.71. The molecule has 4 nitrogen and oxygen atoms in total. The molecular weight excluding hydrogens is 552 g/mol. The maximum atomic E-state index is 6.71. The topological polar surface area (TPSA) is 42.4 Å². The first-order valence-electron chi connectivity index (χ1n) is 15.0. The van der Waals surface area contributed by atoms with Gasteiger partial charge >= 0.3 is 0 Å². The van der Waals surface area contributed by atoms with Crippen molar-refractivity contribution in [2.24, 2.45) is 0 Å². The number of anilines is 3. The van der Waals surface area contributed by atoms with Crippen LogP contribution in [0.2, 0.25) is 0 Å². The number of benzene rings is 7. The van der Waals surface area contributed by atoms with Gasteiger partial charge in [-0.3, -0.25) is 0 Å². The summed E-state index contributed by atoms with van der Waals surface area (Å²) in [4.78, 5) is 7.22. The van der Waals surface area contributed by atoms with Crippen molar-refractivity contribution in [3.63, 3.8) is 0 Å². The van der Waals surface area contributed by atoms with Crippen molar-refractivity contribution in [1.29, 1.82) is 0 Å². The molecule has 0 unspecified atom stereocenters. The van der Waals surface area contributed by atoms with Gasteiger partial charge < -0.3 is 13.7 Å². The molecule has 0 amide bonds. The molecule has 45 heavy (non-hydrogen) atoms. The average Bonchev–Trinajstić information content (AvgIpc) is 3.71. The zero-order valence-corrected chi connectivity index (χ0v) is 24.2. The molecule has 9 aromatic rings. The molecule has 0 radical (unpaired) electrons. The van der Waals surface area contributed by atoms with Gasteiger partial charge in [0.15, 0.2) is 11.2 Å². The Morgan fingerprint density at radius 1 is 0.467 bits per heavy atom. The number of furan rings is 1. The number of oxazole rings is 1. The van der Waals surface area contributed by atoms with Crippen LogP contribution >= 0.6 is 0 Å². The van der Waals surface area contributed by atoms with Crippen molar-refractivity contribution in [2.45, 2.75) is 0 Å². The second-order valence-corrected chi connectivity index (χ2v) is 11.2. The van der Waals surface area contributed by atoms with Crippen LogP contribution in [0.3, 0.4) is 0 Å². The van der Waals surface area contributed by atoms with Crippen LogP contribution in [0.25, 0.3) is 66.4 Å². The molecule has 0 aliphatic heterocycles. The summed E-state index contributed by atoms with van der Waals surface area (Å²) in [6.07, 6.45) is 0. The molecule has 9 rings (SSSR count). The predicted octanol–water partition coefficient (Wildman–Crippen LogP) is 11.7. The van der Waals surface area contributed by atoms with Crippen LogP contribution in [0.5, 0.6) is 0 Å². The zero-order valence-electron chi connectivity index (χ0n) is 24.2. The Morgan fingerprint density at radius 2 is 1.16 bits per heavy atom. The number of hydrogen-bond acceptors (Lipinski definition) is 4. The second-order valence-electron chi connectivity index (χ2n) is 11.2. The summed E-state index contributed by atoms with van der Waals surface area (Å²) >= 11 is 0. The first kappa shape index (κ1) is 25.4. The van der Waals surface area contributed by atoms with Gasteiger partial charge in [0, 0.05) is 22.1 Å². The summed E-state index contributed by atoms with van der Waals surface area (Å²) < 4.78 is 13.1. The van der Waals surface area contributed by atoms with Gasteiger partial charge in [0.25, 0.3) is 0 Å². The number of para-hydroxylation sites is 3. The number of hydrogen-bond donors (Lipinski definition) is 0. The number of fused-ring (bicyclic) bond motifs is 5. The van der Waals surface area contributed by atoms with Gasteiger partial charge in [-0.15, -0.1) is 0 Å². The number of nitrogens with zero attached hydrogens (tertiary/aromatic N) is 2. The average molecular weight is 579 g/mol. The summed E-state index contributed by atoms with van der Waals surface area (Å²) in [5, 5.41) is 4.44. The molecule has 0 aliphatic rings. The van der Waals surface area contributed by atoms with Gasteiger partial charge in [0.05, 0.1) is 5.56 Å². The minimum atomic E-state index is 0.542. The molecule has 0 saturated heterocycles. The Labute approximate surface area is 259 Å². The van der Waals surface area contributed by atoms with Crippen LogP contribution in [-0.2, 0) is 0 Å². The summed E-state index contributed by atoms with van der Waals surface area (Å²) in [5.74, 6) is 0.542. The minimum Gasteiger partial charge on any atom is -0.454 e. The monoisotopic (exact) mass is 578 g/mol. The van der Waals surface area contributed by atoms with E-state index in [1.165, 1.54) is 10.9 Å². The normalized spacial score (nSPS) is 11.6. The Hall–Kier alpha value is -6.13. The standard InChI is InChI=1S/C41H26N2O2/c1-2-10-27(11-3-1)29-18-21-31(22-19-29)43(32-23-20-28-12-4-5-13-30(28)26-32)39-35(41-42-36-15-7-9-17-38(36)45-41)25-24-34-33-14-6-8-16-37(33)44-40(34)39/h1-26H. The van der Waals surface area contributed by atoms with E-state index in [0.29, 0.717) is 5.89 Å². The molecule has 2 aromatic heterocycles. The Kier molecular flexibility index (Phi) is 5.78. The molecule has 0 atom stereocenters. The fourth-order valence-corrected chi connectivity index (χ4v) is 6.31. The van der Waals surface area contributed by atoms with Gasteiger partial charge in [0.2, 0.25) is 5.89 Å². The molecule has 212 valence electrons. The summed E-state index contributed by atoms with van der Waals surface area (Å²) in [6, 6.07) is 54.5. The van der Waals surface area contributed by atoms with E-state index in [4.69, 9.17) is 13.8 Å². The molecule has 0 fully saturated rings. The first-order chi connectivity index (χ1) is 22.3. The fourth-order valence-electron chi connectivity index (χ4n) is 6.31. The fraction of sp³-hybridized carbons (Fsp3) is 0. The Bertz CT molecular complexity index is 2460. The third-order valence-electron chi connectivity index (χ3n) is 8.49. The molecule has 0 N–H and O–H groups in total. The van der Waals surface area contributed by atoms with Crippen LogP contribution in [0.4, 0.5) is 17.1 Å². The second kappa shape index (κ2) is 10.2. The molecule has 0 bridgehead atoms. The van der Waals surface area contributed by atoms with Crippen LogP contribution < -0.4 is 4.90 Å². The smallest absolute Gasteiger partial charge is 0.229 e. The van der Waals surface area contributed by atoms with Crippen LogP contribution in [0.1, 0.15) is 0 Å². The first-order valence-corrected chi connectivity index (χ1v) is 15.0. The van der Waals surface area contributed by atoms with Crippen molar-refractivity contribution >= 4 is 60.9 Å². The molecular formula is C41H26N2O2. The molecule has 0 saturated carbocycles. The van der Waals surface area contributed by atoms with E-state index >= 15 is 0 Å². The van der Waals surface area contributed by atoms with E-state index in [0.717, 1.165) is 66.6 Å².